The quantitative estimate of drug-likeness (QED) is 0.661. The van der Waals surface area contributed by atoms with Gasteiger partial charge in [0.1, 0.15) is 6.04 Å². The van der Waals surface area contributed by atoms with Crippen LogP contribution in [0, 0.1) is 0 Å². The molecule has 2 heterocycles. The minimum Gasteiger partial charge on any atom is -0.466 e. The summed E-state index contributed by atoms with van der Waals surface area (Å²) in [5, 5.41) is 8.89. The Kier molecular flexibility index (Phi) is 4.82. The van der Waals surface area contributed by atoms with Gasteiger partial charge in [0.2, 0.25) is 11.1 Å². The number of thioether (sulfide) groups is 1. The molecule has 0 saturated heterocycles. The number of hydrogen-bond acceptors (Lipinski definition) is 6. The summed E-state index contributed by atoms with van der Waals surface area (Å²) < 4.78 is 6.71. The molecule has 1 aliphatic rings. The SMILES string of the molecule is CCC1=C(C(=O)OC)C(c2ccccc2Cl)n2nc(SC)nc2N1. The van der Waals surface area contributed by atoms with Crippen LogP contribution in [0.5, 0.6) is 0 Å². The van der Waals surface area contributed by atoms with Crippen LogP contribution in [0.4, 0.5) is 5.95 Å². The van der Waals surface area contributed by atoms with Crippen LogP contribution in [-0.2, 0) is 9.53 Å². The number of carbonyl (C=O) groups is 1. The van der Waals surface area contributed by atoms with E-state index < -0.39 is 12.0 Å². The Bertz CT molecular complexity index is 818. The highest BCUT2D eigenvalue weighted by atomic mass is 35.5. The second kappa shape index (κ2) is 6.86. The van der Waals surface area contributed by atoms with Crippen molar-refractivity contribution < 1.29 is 9.53 Å². The number of carbonyl (C=O) groups excluding carboxylic acids is 1. The monoisotopic (exact) mass is 364 g/mol. The van der Waals surface area contributed by atoms with Crippen LogP contribution < -0.4 is 5.32 Å². The second-order valence-corrected chi connectivity index (χ2v) is 6.33. The summed E-state index contributed by atoms with van der Waals surface area (Å²) in [4.78, 5) is 17.0. The average molecular weight is 365 g/mol. The Morgan fingerprint density at radius 1 is 1.46 bits per heavy atom. The van der Waals surface area contributed by atoms with E-state index in [0.717, 1.165) is 11.3 Å². The Hall–Kier alpha value is -1.99. The normalized spacial score (nSPS) is 16.6. The Balaban J connectivity index is 2.26. The largest absolute Gasteiger partial charge is 0.466 e. The first kappa shape index (κ1) is 16.9. The minimum atomic E-state index is -0.481. The van der Waals surface area contributed by atoms with Crippen molar-refractivity contribution in [3.8, 4) is 0 Å². The first-order valence-corrected chi connectivity index (χ1v) is 9.04. The van der Waals surface area contributed by atoms with E-state index in [0.29, 0.717) is 28.1 Å². The lowest BCUT2D eigenvalue weighted by molar-refractivity contribution is -0.136. The van der Waals surface area contributed by atoms with E-state index in [9.17, 15) is 4.79 Å². The molecule has 0 bridgehead atoms. The minimum absolute atomic E-state index is 0.406. The van der Waals surface area contributed by atoms with Gasteiger partial charge < -0.3 is 10.1 Å². The topological polar surface area (TPSA) is 69.0 Å². The molecular weight excluding hydrogens is 348 g/mol. The van der Waals surface area contributed by atoms with Gasteiger partial charge in [-0.05, 0) is 18.7 Å². The van der Waals surface area contributed by atoms with E-state index in [2.05, 4.69) is 15.4 Å². The fraction of sp³-hybridized carbons (Fsp3) is 0.312. The maximum absolute atomic E-state index is 12.5. The molecule has 0 amide bonds. The number of rotatable bonds is 4. The summed E-state index contributed by atoms with van der Waals surface area (Å²) in [7, 11) is 1.37. The lowest BCUT2D eigenvalue weighted by Gasteiger charge is -2.29. The molecule has 0 fully saturated rings. The molecule has 1 N–H and O–H groups in total. The molecule has 1 aromatic heterocycles. The van der Waals surface area contributed by atoms with Gasteiger partial charge in [0.25, 0.3) is 0 Å². The van der Waals surface area contributed by atoms with E-state index in [1.807, 2.05) is 31.4 Å². The van der Waals surface area contributed by atoms with Gasteiger partial charge in [-0.3, -0.25) is 0 Å². The Labute approximate surface area is 149 Å². The van der Waals surface area contributed by atoms with E-state index >= 15 is 0 Å². The lowest BCUT2D eigenvalue weighted by Crippen LogP contribution is -2.30. The number of hydrogen-bond donors (Lipinski definition) is 1. The van der Waals surface area contributed by atoms with Gasteiger partial charge in [-0.15, -0.1) is 5.10 Å². The zero-order valence-corrected chi connectivity index (χ0v) is 15.1. The van der Waals surface area contributed by atoms with Gasteiger partial charge in [0.05, 0.1) is 12.7 Å². The van der Waals surface area contributed by atoms with E-state index in [4.69, 9.17) is 16.3 Å². The molecule has 0 aliphatic carbocycles. The number of fused-ring (bicyclic) bond motifs is 1. The highest BCUT2D eigenvalue weighted by molar-refractivity contribution is 7.98. The standard InChI is InChI=1S/C16H17ClN4O2S/c1-4-11-12(14(22)23-2)13(9-7-5-6-8-10(9)17)21-15(18-11)19-16(20-21)24-3/h5-8,13H,4H2,1-3H3,(H,18,19,20). The number of anilines is 1. The number of allylic oxidation sites excluding steroid dienone is 1. The zero-order valence-electron chi connectivity index (χ0n) is 13.5. The molecule has 126 valence electrons. The Morgan fingerprint density at radius 2 is 2.21 bits per heavy atom. The molecule has 3 rings (SSSR count). The number of nitrogens with zero attached hydrogens (tertiary/aromatic N) is 3. The van der Waals surface area contributed by atoms with Gasteiger partial charge in [0, 0.05) is 16.3 Å². The van der Waals surface area contributed by atoms with Crippen LogP contribution in [0.25, 0.3) is 0 Å². The summed E-state index contributed by atoms with van der Waals surface area (Å²) >= 11 is 7.84. The third-order valence-electron chi connectivity index (χ3n) is 3.86. The lowest BCUT2D eigenvalue weighted by atomic mass is 9.94. The van der Waals surface area contributed by atoms with Gasteiger partial charge in [-0.25, -0.2) is 9.48 Å². The highest BCUT2D eigenvalue weighted by Gasteiger charge is 2.36. The number of esters is 1. The first-order valence-electron chi connectivity index (χ1n) is 7.44. The van der Waals surface area contributed by atoms with Crippen molar-refractivity contribution in [2.45, 2.75) is 24.5 Å². The zero-order chi connectivity index (χ0) is 17.3. The third-order valence-corrected chi connectivity index (χ3v) is 4.74. The number of nitrogens with one attached hydrogen (secondary N) is 1. The van der Waals surface area contributed by atoms with Crippen molar-refractivity contribution in [1.29, 1.82) is 0 Å². The van der Waals surface area contributed by atoms with E-state index in [-0.39, 0.29) is 0 Å². The molecule has 1 unspecified atom stereocenters. The van der Waals surface area contributed by atoms with Crippen molar-refractivity contribution in [1.82, 2.24) is 14.8 Å². The van der Waals surface area contributed by atoms with Crippen LogP contribution in [0.1, 0.15) is 24.9 Å². The van der Waals surface area contributed by atoms with Crippen molar-refractivity contribution in [3.63, 3.8) is 0 Å². The number of halogens is 1. The number of benzene rings is 1. The van der Waals surface area contributed by atoms with Crippen molar-refractivity contribution in [3.05, 3.63) is 46.1 Å². The van der Waals surface area contributed by atoms with Crippen molar-refractivity contribution in [2.24, 2.45) is 0 Å². The molecule has 1 atom stereocenters. The fourth-order valence-electron chi connectivity index (χ4n) is 2.75. The maximum atomic E-state index is 12.5. The first-order chi connectivity index (χ1) is 11.6. The molecule has 2 aromatic rings. The smallest absolute Gasteiger partial charge is 0.338 e. The van der Waals surface area contributed by atoms with Gasteiger partial charge >= 0.3 is 5.97 Å². The van der Waals surface area contributed by atoms with Gasteiger partial charge in [-0.2, -0.15) is 4.98 Å². The van der Waals surface area contributed by atoms with Crippen molar-refractivity contribution in [2.75, 3.05) is 18.7 Å². The maximum Gasteiger partial charge on any atom is 0.338 e. The fourth-order valence-corrected chi connectivity index (χ4v) is 3.34. The Morgan fingerprint density at radius 3 is 2.83 bits per heavy atom. The number of ether oxygens (including phenoxy) is 1. The van der Waals surface area contributed by atoms with Gasteiger partial charge in [-0.1, -0.05) is 48.5 Å². The molecule has 24 heavy (non-hydrogen) atoms. The van der Waals surface area contributed by atoms with Crippen LogP contribution in [0.3, 0.4) is 0 Å². The van der Waals surface area contributed by atoms with Gasteiger partial charge in [0.15, 0.2) is 0 Å². The molecule has 6 nitrogen and oxygen atoms in total. The van der Waals surface area contributed by atoms with Crippen LogP contribution in [0.15, 0.2) is 40.7 Å². The summed E-state index contributed by atoms with van der Waals surface area (Å²) in [5.41, 5.74) is 2.04. The predicted molar refractivity (Wildman–Crippen MR) is 94.3 cm³/mol. The molecule has 0 spiro atoms. The van der Waals surface area contributed by atoms with Crippen LogP contribution >= 0.6 is 23.4 Å². The third kappa shape index (κ3) is 2.78. The number of methoxy groups -OCH3 is 1. The van der Waals surface area contributed by atoms with Crippen molar-refractivity contribution >= 4 is 35.3 Å². The summed E-state index contributed by atoms with van der Waals surface area (Å²) in [6, 6.07) is 6.94. The molecular formula is C16H17ClN4O2S. The van der Waals surface area contributed by atoms with Crippen LogP contribution in [0.2, 0.25) is 5.02 Å². The summed E-state index contributed by atoms with van der Waals surface area (Å²) in [6.07, 6.45) is 2.54. The predicted octanol–water partition coefficient (Wildman–Crippen LogP) is 3.51. The molecule has 1 aliphatic heterocycles. The molecule has 1 aromatic carbocycles. The van der Waals surface area contributed by atoms with Crippen LogP contribution in [-0.4, -0.2) is 34.1 Å². The molecule has 0 radical (unpaired) electrons. The highest BCUT2D eigenvalue weighted by Crippen LogP contribution is 2.39. The second-order valence-electron chi connectivity index (χ2n) is 5.15. The number of aromatic nitrogens is 3. The van der Waals surface area contributed by atoms with E-state index in [1.165, 1.54) is 18.9 Å². The average Bonchev–Trinajstić information content (AvgIpc) is 3.03. The summed E-state index contributed by atoms with van der Waals surface area (Å²) in [6.45, 7) is 1.97. The molecule has 0 saturated carbocycles. The molecule has 8 heteroatoms. The van der Waals surface area contributed by atoms with E-state index in [1.54, 1.807) is 10.7 Å². The summed E-state index contributed by atoms with van der Waals surface area (Å²) in [5.74, 6) is 0.185.